The molecule has 2 rings (SSSR count). The van der Waals surface area contributed by atoms with Crippen LogP contribution in [0.25, 0.3) is 0 Å². The number of hydrogen-bond donors (Lipinski definition) is 1. The predicted octanol–water partition coefficient (Wildman–Crippen LogP) is 3.31. The maximum atomic E-state index is 5.52. The van der Waals surface area contributed by atoms with Crippen LogP contribution < -0.4 is 10.1 Å². The highest BCUT2D eigenvalue weighted by Crippen LogP contribution is 2.25. The summed E-state index contributed by atoms with van der Waals surface area (Å²) >= 11 is 0. The molecule has 0 amide bonds. The third-order valence-corrected chi connectivity index (χ3v) is 3.46. The van der Waals surface area contributed by atoms with E-state index >= 15 is 0 Å². The van der Waals surface area contributed by atoms with E-state index < -0.39 is 0 Å². The summed E-state index contributed by atoms with van der Waals surface area (Å²) in [5, 5.41) is 8.11. The van der Waals surface area contributed by atoms with Gasteiger partial charge in [0.15, 0.2) is 0 Å². The molecule has 114 valence electrons. The highest BCUT2D eigenvalue weighted by atomic mass is 16.5. The van der Waals surface area contributed by atoms with Gasteiger partial charge in [-0.05, 0) is 51.1 Å². The smallest absolute Gasteiger partial charge is 0.119 e. The Kier molecular flexibility index (Phi) is 5.39. The van der Waals surface area contributed by atoms with E-state index in [2.05, 4.69) is 47.1 Å². The molecule has 0 saturated carbocycles. The van der Waals surface area contributed by atoms with Crippen molar-refractivity contribution in [3.63, 3.8) is 0 Å². The van der Waals surface area contributed by atoms with Crippen LogP contribution in [0.2, 0.25) is 0 Å². The SMILES string of the molecule is CCNC(c1ccc(OCC)cc1)c1cc(C)nn1CC. The van der Waals surface area contributed by atoms with Crippen molar-refractivity contribution in [2.75, 3.05) is 13.2 Å². The normalized spacial score (nSPS) is 12.4. The van der Waals surface area contributed by atoms with Gasteiger partial charge in [0.05, 0.1) is 24.0 Å². The molecule has 0 aliphatic rings. The summed E-state index contributed by atoms with van der Waals surface area (Å²) in [6.45, 7) is 10.8. The van der Waals surface area contributed by atoms with Gasteiger partial charge in [-0.15, -0.1) is 0 Å². The molecule has 0 aliphatic heterocycles. The van der Waals surface area contributed by atoms with Crippen molar-refractivity contribution in [3.8, 4) is 5.75 Å². The van der Waals surface area contributed by atoms with E-state index in [-0.39, 0.29) is 6.04 Å². The molecule has 0 fully saturated rings. The van der Waals surface area contributed by atoms with Crippen LogP contribution >= 0.6 is 0 Å². The predicted molar refractivity (Wildman–Crippen MR) is 85.8 cm³/mol. The van der Waals surface area contributed by atoms with Crippen LogP contribution in [0.4, 0.5) is 0 Å². The summed E-state index contributed by atoms with van der Waals surface area (Å²) < 4.78 is 7.59. The molecule has 1 heterocycles. The summed E-state index contributed by atoms with van der Waals surface area (Å²) in [7, 11) is 0. The van der Waals surface area contributed by atoms with E-state index in [1.54, 1.807) is 0 Å². The minimum absolute atomic E-state index is 0.159. The second kappa shape index (κ2) is 7.27. The van der Waals surface area contributed by atoms with E-state index in [0.29, 0.717) is 6.61 Å². The van der Waals surface area contributed by atoms with Gasteiger partial charge in [0.25, 0.3) is 0 Å². The van der Waals surface area contributed by atoms with Crippen LogP contribution in [0.1, 0.15) is 43.8 Å². The van der Waals surface area contributed by atoms with Crippen molar-refractivity contribution in [1.29, 1.82) is 0 Å². The molecule has 0 radical (unpaired) electrons. The lowest BCUT2D eigenvalue weighted by Crippen LogP contribution is -2.24. The van der Waals surface area contributed by atoms with Gasteiger partial charge in [-0.3, -0.25) is 4.68 Å². The van der Waals surface area contributed by atoms with Gasteiger partial charge in [0.1, 0.15) is 5.75 Å². The quantitative estimate of drug-likeness (QED) is 0.849. The second-order valence-electron chi connectivity index (χ2n) is 5.02. The first-order valence-corrected chi connectivity index (χ1v) is 7.70. The van der Waals surface area contributed by atoms with Gasteiger partial charge >= 0.3 is 0 Å². The lowest BCUT2D eigenvalue weighted by molar-refractivity contribution is 0.340. The third kappa shape index (κ3) is 3.64. The first-order chi connectivity index (χ1) is 10.2. The average molecular weight is 287 g/mol. The van der Waals surface area contributed by atoms with E-state index in [4.69, 9.17) is 4.74 Å². The van der Waals surface area contributed by atoms with Gasteiger partial charge in [0, 0.05) is 6.54 Å². The molecule has 1 N–H and O–H groups in total. The Balaban J connectivity index is 2.33. The standard InChI is InChI=1S/C17H25N3O/c1-5-18-17(16-12-13(4)19-20(16)6-2)14-8-10-15(11-9-14)21-7-3/h8-12,17-18H,5-7H2,1-4H3. The van der Waals surface area contributed by atoms with Crippen molar-refractivity contribution in [2.24, 2.45) is 0 Å². The largest absolute Gasteiger partial charge is 0.494 e. The molecule has 0 aliphatic carbocycles. The first-order valence-electron chi connectivity index (χ1n) is 7.70. The highest BCUT2D eigenvalue weighted by molar-refractivity contribution is 5.34. The molecule has 0 spiro atoms. The summed E-state index contributed by atoms with van der Waals surface area (Å²) in [6, 6.07) is 10.6. The zero-order valence-corrected chi connectivity index (χ0v) is 13.4. The van der Waals surface area contributed by atoms with E-state index in [9.17, 15) is 0 Å². The Hall–Kier alpha value is -1.81. The van der Waals surface area contributed by atoms with Crippen LogP contribution in [0.15, 0.2) is 30.3 Å². The molecule has 0 bridgehead atoms. The number of nitrogens with zero attached hydrogens (tertiary/aromatic N) is 2. The van der Waals surface area contributed by atoms with Gasteiger partial charge in [-0.1, -0.05) is 19.1 Å². The summed E-state index contributed by atoms with van der Waals surface area (Å²) in [6.07, 6.45) is 0. The molecule has 1 aromatic heterocycles. The number of aryl methyl sites for hydroxylation is 2. The Morgan fingerprint density at radius 3 is 2.48 bits per heavy atom. The maximum absolute atomic E-state index is 5.52. The van der Waals surface area contributed by atoms with E-state index in [1.165, 1.54) is 11.3 Å². The van der Waals surface area contributed by atoms with E-state index in [1.807, 2.05) is 26.0 Å². The zero-order chi connectivity index (χ0) is 15.2. The lowest BCUT2D eigenvalue weighted by atomic mass is 10.0. The summed E-state index contributed by atoms with van der Waals surface area (Å²) in [5.74, 6) is 0.914. The fourth-order valence-electron chi connectivity index (χ4n) is 2.57. The average Bonchev–Trinajstić information content (AvgIpc) is 2.87. The van der Waals surface area contributed by atoms with Crippen molar-refractivity contribution in [1.82, 2.24) is 15.1 Å². The zero-order valence-electron chi connectivity index (χ0n) is 13.4. The molecular formula is C17H25N3O. The van der Waals surface area contributed by atoms with Gasteiger partial charge in [0.2, 0.25) is 0 Å². The van der Waals surface area contributed by atoms with Gasteiger partial charge in [-0.25, -0.2) is 0 Å². The number of rotatable bonds is 7. The van der Waals surface area contributed by atoms with Crippen molar-refractivity contribution in [3.05, 3.63) is 47.3 Å². The Bertz CT molecular complexity index is 560. The van der Waals surface area contributed by atoms with Gasteiger partial charge < -0.3 is 10.1 Å². The maximum Gasteiger partial charge on any atom is 0.119 e. The molecular weight excluding hydrogens is 262 g/mol. The number of ether oxygens (including phenoxy) is 1. The van der Waals surface area contributed by atoms with Crippen LogP contribution in [0.5, 0.6) is 5.75 Å². The van der Waals surface area contributed by atoms with Crippen molar-refractivity contribution >= 4 is 0 Å². The fraction of sp³-hybridized carbons (Fsp3) is 0.471. The molecule has 0 saturated heterocycles. The number of nitrogens with one attached hydrogen (secondary N) is 1. The van der Waals surface area contributed by atoms with Crippen LogP contribution in [-0.2, 0) is 6.54 Å². The molecule has 1 atom stereocenters. The van der Waals surface area contributed by atoms with Crippen LogP contribution in [0.3, 0.4) is 0 Å². The Morgan fingerprint density at radius 2 is 1.90 bits per heavy atom. The molecule has 1 unspecified atom stereocenters. The second-order valence-corrected chi connectivity index (χ2v) is 5.02. The minimum atomic E-state index is 0.159. The fourth-order valence-corrected chi connectivity index (χ4v) is 2.57. The van der Waals surface area contributed by atoms with Crippen LogP contribution in [-0.4, -0.2) is 22.9 Å². The van der Waals surface area contributed by atoms with Crippen LogP contribution in [0, 0.1) is 6.92 Å². The number of hydrogen-bond acceptors (Lipinski definition) is 3. The first kappa shape index (κ1) is 15.6. The highest BCUT2D eigenvalue weighted by Gasteiger charge is 2.18. The summed E-state index contributed by atoms with van der Waals surface area (Å²) in [4.78, 5) is 0. The minimum Gasteiger partial charge on any atom is -0.494 e. The summed E-state index contributed by atoms with van der Waals surface area (Å²) in [5.41, 5.74) is 3.50. The molecule has 4 heteroatoms. The topological polar surface area (TPSA) is 39.1 Å². The number of benzene rings is 1. The van der Waals surface area contributed by atoms with Crippen molar-refractivity contribution < 1.29 is 4.74 Å². The Morgan fingerprint density at radius 1 is 1.19 bits per heavy atom. The number of aromatic nitrogens is 2. The Labute approximate surface area is 127 Å². The third-order valence-electron chi connectivity index (χ3n) is 3.46. The molecule has 1 aromatic carbocycles. The molecule has 21 heavy (non-hydrogen) atoms. The van der Waals surface area contributed by atoms with Gasteiger partial charge in [-0.2, -0.15) is 5.10 Å². The lowest BCUT2D eigenvalue weighted by Gasteiger charge is -2.20. The molecule has 2 aromatic rings. The molecule has 4 nitrogen and oxygen atoms in total. The van der Waals surface area contributed by atoms with E-state index in [0.717, 1.165) is 24.5 Å². The van der Waals surface area contributed by atoms with Crippen molar-refractivity contribution in [2.45, 2.75) is 40.3 Å². The monoisotopic (exact) mass is 287 g/mol.